The highest BCUT2D eigenvalue weighted by atomic mass is 28.3. The molecule has 1 fully saturated rings. The molecule has 0 aromatic carbocycles. The molecule has 0 aromatic rings. The average molecular weight is 241 g/mol. The Morgan fingerprint density at radius 3 is 2.19 bits per heavy atom. The molecule has 0 radical (unpaired) electrons. The predicted octanol–water partition coefficient (Wildman–Crippen LogP) is 4.55. The second-order valence-corrected chi connectivity index (χ2v) is 11.2. The first-order valence-electron chi connectivity index (χ1n) is 7.38. The molecule has 0 saturated carbocycles. The molecule has 1 saturated heterocycles. The van der Waals surface area contributed by atoms with E-state index in [1.165, 1.54) is 44.2 Å². The van der Waals surface area contributed by atoms with Crippen LogP contribution >= 0.6 is 0 Å². The minimum Gasteiger partial charge on any atom is -0.327 e. The van der Waals surface area contributed by atoms with E-state index in [-0.39, 0.29) is 0 Å². The van der Waals surface area contributed by atoms with Gasteiger partial charge in [-0.1, -0.05) is 65.1 Å². The topological polar surface area (TPSA) is 26.0 Å². The molecule has 96 valence electrons. The van der Waals surface area contributed by atoms with Gasteiger partial charge in [0.25, 0.3) is 0 Å². The van der Waals surface area contributed by atoms with E-state index in [1.54, 1.807) is 6.04 Å². The maximum atomic E-state index is 6.55. The maximum absolute atomic E-state index is 6.55. The lowest BCUT2D eigenvalue weighted by molar-refractivity contribution is 0.345. The molecule has 1 aliphatic heterocycles. The van der Waals surface area contributed by atoms with E-state index in [2.05, 4.69) is 27.7 Å². The fourth-order valence-electron chi connectivity index (χ4n) is 4.51. The van der Waals surface area contributed by atoms with Gasteiger partial charge in [-0.05, 0) is 17.9 Å². The lowest BCUT2D eigenvalue weighted by Gasteiger charge is -2.55. The molecule has 2 heteroatoms. The first-order chi connectivity index (χ1) is 7.62. The SMILES string of the molecule is CCC(N)C1(CC)CCCC[Si]1(CC)CC. The summed E-state index contributed by atoms with van der Waals surface area (Å²) in [6.45, 7) is 9.55. The number of hydrogen-bond acceptors (Lipinski definition) is 1. The molecule has 2 atom stereocenters. The summed E-state index contributed by atoms with van der Waals surface area (Å²) in [5, 5.41) is 0.559. The first kappa shape index (κ1) is 14.2. The van der Waals surface area contributed by atoms with Crippen molar-refractivity contribution in [3.05, 3.63) is 0 Å². The van der Waals surface area contributed by atoms with Crippen LogP contribution in [0.2, 0.25) is 23.2 Å². The van der Waals surface area contributed by atoms with Crippen molar-refractivity contribution in [2.24, 2.45) is 5.73 Å². The highest BCUT2D eigenvalue weighted by molar-refractivity contribution is 6.83. The van der Waals surface area contributed by atoms with Crippen LogP contribution in [0.1, 0.15) is 59.8 Å². The van der Waals surface area contributed by atoms with E-state index < -0.39 is 8.07 Å². The van der Waals surface area contributed by atoms with Crippen molar-refractivity contribution >= 4 is 8.07 Å². The van der Waals surface area contributed by atoms with Crippen molar-refractivity contribution in [3.8, 4) is 0 Å². The molecule has 1 heterocycles. The number of nitrogens with two attached hydrogens (primary N) is 1. The third-order valence-corrected chi connectivity index (χ3v) is 12.8. The minimum absolute atomic E-state index is 0.462. The summed E-state index contributed by atoms with van der Waals surface area (Å²) in [7, 11) is -1.12. The van der Waals surface area contributed by atoms with Gasteiger partial charge in [-0.25, -0.2) is 0 Å². The molecule has 0 amide bonds. The van der Waals surface area contributed by atoms with Crippen molar-refractivity contribution in [2.75, 3.05) is 0 Å². The fourth-order valence-corrected chi connectivity index (χ4v) is 11.0. The number of rotatable bonds is 5. The Morgan fingerprint density at radius 2 is 1.75 bits per heavy atom. The van der Waals surface area contributed by atoms with Gasteiger partial charge in [0.05, 0.1) is 8.07 Å². The quantitative estimate of drug-likeness (QED) is 0.702. The highest BCUT2D eigenvalue weighted by Crippen LogP contribution is 2.57. The second kappa shape index (κ2) is 5.68. The Labute approximate surface area is 103 Å². The summed E-state index contributed by atoms with van der Waals surface area (Å²) in [6.07, 6.45) is 6.83. The van der Waals surface area contributed by atoms with Gasteiger partial charge >= 0.3 is 0 Å². The molecular weight excluding hydrogens is 210 g/mol. The number of hydrogen-bond donors (Lipinski definition) is 1. The zero-order valence-electron chi connectivity index (χ0n) is 11.8. The minimum atomic E-state index is -1.12. The van der Waals surface area contributed by atoms with Gasteiger partial charge in [-0.2, -0.15) is 0 Å². The molecule has 2 N–H and O–H groups in total. The van der Waals surface area contributed by atoms with Crippen molar-refractivity contribution in [2.45, 2.75) is 89.0 Å². The van der Waals surface area contributed by atoms with Crippen molar-refractivity contribution < 1.29 is 0 Å². The predicted molar refractivity (Wildman–Crippen MR) is 76.6 cm³/mol. The summed E-state index contributed by atoms with van der Waals surface area (Å²) in [5.74, 6) is 0. The molecule has 2 unspecified atom stereocenters. The van der Waals surface area contributed by atoms with Crippen molar-refractivity contribution in [1.82, 2.24) is 0 Å². The second-order valence-electron chi connectivity index (χ2n) is 5.72. The molecule has 0 spiro atoms. The van der Waals surface area contributed by atoms with Crippen LogP contribution in [0, 0.1) is 0 Å². The van der Waals surface area contributed by atoms with Crippen LogP contribution < -0.4 is 5.73 Å². The van der Waals surface area contributed by atoms with Crippen LogP contribution in [0.25, 0.3) is 0 Å². The molecular formula is C14H31NSi. The highest BCUT2D eigenvalue weighted by Gasteiger charge is 2.53. The summed E-state index contributed by atoms with van der Waals surface area (Å²) in [6, 6.07) is 4.90. The average Bonchev–Trinajstić information content (AvgIpc) is 2.37. The smallest absolute Gasteiger partial charge is 0.0611 e. The maximum Gasteiger partial charge on any atom is 0.0611 e. The van der Waals surface area contributed by atoms with E-state index in [0.717, 1.165) is 0 Å². The van der Waals surface area contributed by atoms with Gasteiger partial charge in [0.2, 0.25) is 0 Å². The molecule has 1 rings (SSSR count). The Bertz CT molecular complexity index is 213. The molecule has 1 nitrogen and oxygen atoms in total. The fraction of sp³-hybridized carbons (Fsp3) is 1.00. The van der Waals surface area contributed by atoms with Crippen LogP contribution in [0.3, 0.4) is 0 Å². The van der Waals surface area contributed by atoms with E-state index in [0.29, 0.717) is 11.1 Å². The third kappa shape index (κ3) is 1.99. The molecule has 1 aliphatic rings. The zero-order chi connectivity index (χ0) is 12.2. The molecule has 0 bridgehead atoms. The summed E-state index contributed by atoms with van der Waals surface area (Å²) in [4.78, 5) is 0. The molecule has 16 heavy (non-hydrogen) atoms. The standard InChI is InChI=1S/C14H31NSi/c1-5-13(15)14(6-2)11-9-10-12-16(14,7-3)8-4/h13H,5-12,15H2,1-4H3. The van der Waals surface area contributed by atoms with Crippen LogP contribution in [-0.2, 0) is 0 Å². The Hall–Kier alpha value is 0.177. The Kier molecular flexibility index (Phi) is 5.05. The molecule has 0 aliphatic carbocycles. The van der Waals surface area contributed by atoms with E-state index >= 15 is 0 Å². The zero-order valence-corrected chi connectivity index (χ0v) is 12.8. The Balaban J connectivity index is 3.09. The van der Waals surface area contributed by atoms with E-state index in [1.807, 2.05) is 0 Å². The van der Waals surface area contributed by atoms with Crippen LogP contribution in [-0.4, -0.2) is 14.1 Å². The van der Waals surface area contributed by atoms with E-state index in [4.69, 9.17) is 5.73 Å². The lowest BCUT2D eigenvalue weighted by Crippen LogP contribution is -2.57. The lowest BCUT2D eigenvalue weighted by atomic mass is 9.88. The van der Waals surface area contributed by atoms with Gasteiger partial charge in [0.1, 0.15) is 0 Å². The van der Waals surface area contributed by atoms with Crippen LogP contribution in [0.4, 0.5) is 0 Å². The summed E-state index contributed by atoms with van der Waals surface area (Å²) < 4.78 is 0. The molecule has 0 aromatic heterocycles. The summed E-state index contributed by atoms with van der Waals surface area (Å²) >= 11 is 0. The Morgan fingerprint density at radius 1 is 1.12 bits per heavy atom. The first-order valence-corrected chi connectivity index (χ1v) is 10.00. The van der Waals surface area contributed by atoms with Crippen LogP contribution in [0.15, 0.2) is 0 Å². The van der Waals surface area contributed by atoms with Crippen molar-refractivity contribution in [3.63, 3.8) is 0 Å². The van der Waals surface area contributed by atoms with Crippen molar-refractivity contribution in [1.29, 1.82) is 0 Å². The summed E-state index contributed by atoms with van der Waals surface area (Å²) in [5.41, 5.74) is 6.55. The van der Waals surface area contributed by atoms with Gasteiger partial charge in [-0.3, -0.25) is 0 Å². The normalized spacial score (nSPS) is 31.3. The van der Waals surface area contributed by atoms with E-state index in [9.17, 15) is 0 Å². The van der Waals surface area contributed by atoms with Gasteiger partial charge < -0.3 is 5.73 Å². The van der Waals surface area contributed by atoms with Gasteiger partial charge in [0.15, 0.2) is 0 Å². The largest absolute Gasteiger partial charge is 0.327 e. The van der Waals surface area contributed by atoms with Gasteiger partial charge in [0, 0.05) is 6.04 Å². The monoisotopic (exact) mass is 241 g/mol. The van der Waals surface area contributed by atoms with Gasteiger partial charge in [-0.15, -0.1) is 0 Å². The third-order valence-electron chi connectivity index (χ3n) is 5.72. The van der Waals surface area contributed by atoms with Crippen LogP contribution in [0.5, 0.6) is 0 Å².